The Kier molecular flexibility index (Phi) is 1.23. The van der Waals surface area contributed by atoms with Crippen molar-refractivity contribution in [3.05, 3.63) is 36.5 Å². The second kappa shape index (κ2) is 2.07. The highest BCUT2D eigenvalue weighted by atomic mass is 32.2. The fourth-order valence-electron chi connectivity index (χ4n) is 0.921. The van der Waals surface area contributed by atoms with Crippen LogP contribution in [0.2, 0.25) is 0 Å². The predicted octanol–water partition coefficient (Wildman–Crippen LogP) is 2.15. The van der Waals surface area contributed by atoms with E-state index < -0.39 is 0 Å². The molecule has 0 saturated carbocycles. The second-order valence-corrected chi connectivity index (χ2v) is 3.58. The van der Waals surface area contributed by atoms with Crippen LogP contribution in [0, 0.1) is 0 Å². The van der Waals surface area contributed by atoms with E-state index in [0.717, 1.165) is 10.5 Å². The summed E-state index contributed by atoms with van der Waals surface area (Å²) in [7, 11) is 0. The van der Waals surface area contributed by atoms with E-state index in [1.807, 2.05) is 11.8 Å². The number of allylic oxidation sites excluding steroid dienone is 4. The minimum Gasteiger partial charge on any atom is -0.144 e. The molecule has 1 heterocycles. The molecule has 0 N–H and O–H groups in total. The van der Waals surface area contributed by atoms with Crippen molar-refractivity contribution in [3.63, 3.8) is 0 Å². The number of hydrogen-bond acceptors (Lipinski definition) is 1. The summed E-state index contributed by atoms with van der Waals surface area (Å²) in [6.07, 6.45) is 12.9. The van der Waals surface area contributed by atoms with Gasteiger partial charge in [0.25, 0.3) is 0 Å². The molecule has 2 unspecified atom stereocenters. The molecule has 2 atom stereocenters. The molecule has 0 spiro atoms. The van der Waals surface area contributed by atoms with Crippen LogP contribution in [0.5, 0.6) is 0 Å². The van der Waals surface area contributed by atoms with E-state index in [-0.39, 0.29) is 0 Å². The number of thioether (sulfide) groups is 1. The van der Waals surface area contributed by atoms with Gasteiger partial charge in [0.2, 0.25) is 0 Å². The second-order valence-electron chi connectivity index (χ2n) is 2.22. The van der Waals surface area contributed by atoms with Crippen molar-refractivity contribution >= 4 is 11.8 Å². The smallest absolute Gasteiger partial charge is 0.0391 e. The van der Waals surface area contributed by atoms with Crippen LogP contribution >= 0.6 is 11.8 Å². The summed E-state index contributed by atoms with van der Waals surface area (Å²) in [6.45, 7) is 0. The van der Waals surface area contributed by atoms with Gasteiger partial charge >= 0.3 is 0 Å². The third-order valence-electron chi connectivity index (χ3n) is 1.50. The summed E-state index contributed by atoms with van der Waals surface area (Å²) >= 11 is 2.01. The molecule has 0 aromatic carbocycles. The maximum Gasteiger partial charge on any atom is 0.0391 e. The lowest BCUT2D eigenvalue weighted by molar-refractivity contribution is 1.23. The third-order valence-corrected chi connectivity index (χ3v) is 2.71. The molecule has 46 valence electrons. The summed E-state index contributed by atoms with van der Waals surface area (Å²) in [5.41, 5.74) is 0. The quantitative estimate of drug-likeness (QED) is 0.460. The van der Waals surface area contributed by atoms with E-state index in [0.29, 0.717) is 0 Å². The summed E-state index contributed by atoms with van der Waals surface area (Å²) in [4.78, 5) is 0. The van der Waals surface area contributed by atoms with E-state index in [2.05, 4.69) is 36.5 Å². The number of hydrogen-bond donors (Lipinski definition) is 0. The van der Waals surface area contributed by atoms with Crippen molar-refractivity contribution in [2.75, 3.05) is 0 Å². The molecule has 0 amide bonds. The highest BCUT2D eigenvalue weighted by Crippen LogP contribution is 2.43. The monoisotopic (exact) mass is 136 g/mol. The fraction of sp³-hybridized carbons (Fsp3) is 0.250. The molecule has 0 aromatic heterocycles. The van der Waals surface area contributed by atoms with Gasteiger partial charge in [0.05, 0.1) is 0 Å². The molecule has 9 heavy (non-hydrogen) atoms. The van der Waals surface area contributed by atoms with E-state index in [4.69, 9.17) is 0 Å². The van der Waals surface area contributed by atoms with Crippen molar-refractivity contribution < 1.29 is 0 Å². The molecular weight excluding hydrogens is 128 g/mol. The van der Waals surface area contributed by atoms with Gasteiger partial charge in [0.15, 0.2) is 0 Å². The Morgan fingerprint density at radius 1 is 0.778 bits per heavy atom. The van der Waals surface area contributed by atoms with Crippen molar-refractivity contribution in [2.24, 2.45) is 0 Å². The van der Waals surface area contributed by atoms with Crippen LogP contribution in [0.1, 0.15) is 0 Å². The molecular formula is C8H8S. The molecule has 1 fully saturated rings. The van der Waals surface area contributed by atoms with Gasteiger partial charge in [-0.3, -0.25) is 0 Å². The SMILES string of the molecule is C1=C\C=C/C2SC2\C=C/1. The number of rotatable bonds is 0. The minimum atomic E-state index is 0.784. The van der Waals surface area contributed by atoms with Gasteiger partial charge in [-0.15, -0.1) is 11.8 Å². The Balaban J connectivity index is 2.19. The zero-order chi connectivity index (χ0) is 6.10. The van der Waals surface area contributed by atoms with E-state index in [1.54, 1.807) is 0 Å². The molecule has 0 radical (unpaired) electrons. The van der Waals surface area contributed by atoms with Crippen LogP contribution < -0.4 is 0 Å². The molecule has 1 heteroatoms. The topological polar surface area (TPSA) is 0 Å². The zero-order valence-electron chi connectivity index (χ0n) is 5.03. The highest BCUT2D eigenvalue weighted by molar-refractivity contribution is 8.08. The average Bonchev–Trinajstić information content (AvgIpc) is 2.46. The predicted molar refractivity (Wildman–Crippen MR) is 42.6 cm³/mol. The average molecular weight is 136 g/mol. The van der Waals surface area contributed by atoms with E-state index in [1.165, 1.54) is 0 Å². The van der Waals surface area contributed by atoms with Gasteiger partial charge in [0, 0.05) is 10.5 Å². The highest BCUT2D eigenvalue weighted by Gasteiger charge is 2.33. The Labute approximate surface area is 59.3 Å². The van der Waals surface area contributed by atoms with Gasteiger partial charge < -0.3 is 0 Å². The first-order valence-corrected chi connectivity index (χ1v) is 4.08. The summed E-state index contributed by atoms with van der Waals surface area (Å²) in [5.74, 6) is 0. The first kappa shape index (κ1) is 5.36. The number of fused-ring (bicyclic) bond motifs is 1. The molecule has 2 rings (SSSR count). The maximum absolute atomic E-state index is 2.26. The molecule has 1 saturated heterocycles. The van der Waals surface area contributed by atoms with Crippen LogP contribution in [0.3, 0.4) is 0 Å². The molecule has 1 aliphatic heterocycles. The van der Waals surface area contributed by atoms with Crippen molar-refractivity contribution in [1.29, 1.82) is 0 Å². The first-order chi connectivity index (χ1) is 4.47. The van der Waals surface area contributed by atoms with Gasteiger partial charge in [-0.1, -0.05) is 36.5 Å². The first-order valence-electron chi connectivity index (χ1n) is 3.14. The Morgan fingerprint density at radius 2 is 1.33 bits per heavy atom. The lowest BCUT2D eigenvalue weighted by atomic mass is 10.2. The largest absolute Gasteiger partial charge is 0.144 e. The standard InChI is InChI=1S/C8H8S/c1-2-4-6-8-7(9-8)5-3-1/h1-8H/b2-1-,5-3-,6-4-. The maximum atomic E-state index is 2.26. The van der Waals surface area contributed by atoms with Crippen molar-refractivity contribution in [3.8, 4) is 0 Å². The zero-order valence-corrected chi connectivity index (χ0v) is 5.84. The van der Waals surface area contributed by atoms with Crippen LogP contribution in [0.15, 0.2) is 36.5 Å². The summed E-state index contributed by atoms with van der Waals surface area (Å²) in [5, 5.41) is 1.57. The van der Waals surface area contributed by atoms with Crippen LogP contribution in [0.25, 0.3) is 0 Å². The third kappa shape index (κ3) is 1.11. The van der Waals surface area contributed by atoms with Gasteiger partial charge in [0.1, 0.15) is 0 Å². The van der Waals surface area contributed by atoms with E-state index >= 15 is 0 Å². The van der Waals surface area contributed by atoms with Crippen molar-refractivity contribution in [2.45, 2.75) is 10.5 Å². The van der Waals surface area contributed by atoms with Crippen LogP contribution in [-0.4, -0.2) is 10.5 Å². The normalized spacial score (nSPS) is 48.0. The Hall–Kier alpha value is -0.430. The summed E-state index contributed by atoms with van der Waals surface area (Å²) in [6, 6.07) is 0. The molecule has 0 nitrogen and oxygen atoms in total. The lowest BCUT2D eigenvalue weighted by Gasteiger charge is -1.83. The van der Waals surface area contributed by atoms with Crippen molar-refractivity contribution in [1.82, 2.24) is 0 Å². The molecule has 1 aliphatic carbocycles. The van der Waals surface area contributed by atoms with Gasteiger partial charge in [-0.25, -0.2) is 0 Å². The fourth-order valence-corrected chi connectivity index (χ4v) is 1.74. The molecule has 0 aromatic rings. The van der Waals surface area contributed by atoms with Crippen LogP contribution in [-0.2, 0) is 0 Å². The van der Waals surface area contributed by atoms with Gasteiger partial charge in [-0.2, -0.15) is 0 Å². The van der Waals surface area contributed by atoms with Gasteiger partial charge in [-0.05, 0) is 0 Å². The van der Waals surface area contributed by atoms with E-state index in [9.17, 15) is 0 Å². The Morgan fingerprint density at radius 3 is 1.89 bits per heavy atom. The van der Waals surface area contributed by atoms with Crippen LogP contribution in [0.4, 0.5) is 0 Å². The molecule has 2 aliphatic rings. The molecule has 0 bridgehead atoms. The minimum absolute atomic E-state index is 0.784. The summed E-state index contributed by atoms with van der Waals surface area (Å²) < 4.78 is 0. The lowest BCUT2D eigenvalue weighted by Crippen LogP contribution is -1.84. The Bertz CT molecular complexity index is 169.